The Labute approximate surface area is 130 Å². The van der Waals surface area contributed by atoms with Crippen molar-refractivity contribution in [3.63, 3.8) is 0 Å². The zero-order valence-electron chi connectivity index (χ0n) is 12.5. The van der Waals surface area contributed by atoms with Crippen molar-refractivity contribution >= 4 is 18.3 Å². The Balaban J connectivity index is 0.00000161. The van der Waals surface area contributed by atoms with Crippen molar-refractivity contribution in [1.29, 1.82) is 0 Å². The van der Waals surface area contributed by atoms with Gasteiger partial charge in [0.15, 0.2) is 0 Å². The van der Waals surface area contributed by atoms with E-state index in [1.807, 2.05) is 0 Å². The average Bonchev–Trinajstić information content (AvgIpc) is 3.01. The maximum absolute atomic E-state index is 12.0. The first-order valence-electron chi connectivity index (χ1n) is 7.41. The Kier molecular flexibility index (Phi) is 4.88. The summed E-state index contributed by atoms with van der Waals surface area (Å²) >= 11 is 0. The fourth-order valence-corrected chi connectivity index (χ4v) is 2.64. The number of nitrogens with zero attached hydrogens (tertiary/aromatic N) is 2. The molecular weight excluding hydrogens is 292 g/mol. The first-order valence-corrected chi connectivity index (χ1v) is 7.41. The van der Waals surface area contributed by atoms with E-state index in [9.17, 15) is 4.79 Å². The molecule has 21 heavy (non-hydrogen) atoms. The molecule has 0 bridgehead atoms. The molecule has 2 N–H and O–H groups in total. The van der Waals surface area contributed by atoms with E-state index in [1.54, 1.807) is 0 Å². The van der Waals surface area contributed by atoms with Crippen LogP contribution in [0.25, 0.3) is 0 Å². The molecule has 2 unspecified atom stereocenters. The van der Waals surface area contributed by atoms with Crippen LogP contribution in [0.3, 0.4) is 0 Å². The van der Waals surface area contributed by atoms with Crippen LogP contribution in [0.1, 0.15) is 49.6 Å². The number of aromatic nitrogens is 2. The second-order valence-corrected chi connectivity index (χ2v) is 6.42. The first-order chi connectivity index (χ1) is 9.58. The number of carbonyl (C=O) groups excluding carboxylic acids is 1. The van der Waals surface area contributed by atoms with E-state index in [0.717, 1.165) is 32.4 Å². The zero-order chi connectivity index (χ0) is 14.2. The second kappa shape index (κ2) is 6.32. The van der Waals surface area contributed by atoms with Crippen LogP contribution in [0.4, 0.5) is 0 Å². The van der Waals surface area contributed by atoms with Crippen LogP contribution in [0, 0.1) is 11.8 Å². The molecule has 1 aromatic rings. The monoisotopic (exact) mass is 314 g/mol. The molecule has 2 atom stereocenters. The molecule has 1 aliphatic carbocycles. The molecule has 1 aromatic heterocycles. The summed E-state index contributed by atoms with van der Waals surface area (Å²) < 4.78 is 5.19. The Morgan fingerprint density at radius 1 is 1.52 bits per heavy atom. The molecule has 0 spiro atoms. The number of halogens is 1. The fourth-order valence-electron chi connectivity index (χ4n) is 2.64. The van der Waals surface area contributed by atoms with Gasteiger partial charge in [-0.1, -0.05) is 19.0 Å². The van der Waals surface area contributed by atoms with Crippen LogP contribution in [0.5, 0.6) is 0 Å². The summed E-state index contributed by atoms with van der Waals surface area (Å²) in [6, 6.07) is 0. The van der Waals surface area contributed by atoms with Gasteiger partial charge >= 0.3 is 0 Å². The highest BCUT2D eigenvalue weighted by Gasteiger charge is 2.44. The number of amides is 1. The van der Waals surface area contributed by atoms with Crippen LogP contribution in [-0.4, -0.2) is 35.7 Å². The van der Waals surface area contributed by atoms with Gasteiger partial charge < -0.3 is 15.2 Å². The zero-order valence-corrected chi connectivity index (χ0v) is 13.3. The predicted octanol–water partition coefficient (Wildman–Crippen LogP) is 1.52. The number of carbonyl (C=O) groups is 1. The van der Waals surface area contributed by atoms with E-state index in [1.165, 1.54) is 0 Å². The molecule has 1 saturated heterocycles. The quantitative estimate of drug-likeness (QED) is 0.880. The minimum Gasteiger partial charge on any atom is -0.349 e. The molecule has 0 aromatic carbocycles. The molecule has 6 nitrogen and oxygen atoms in total. The fraction of sp³-hybridized carbons (Fsp3) is 0.786. The maximum atomic E-state index is 12.0. The molecule has 1 amide bonds. The third kappa shape index (κ3) is 3.55. The van der Waals surface area contributed by atoms with E-state index in [-0.39, 0.29) is 29.6 Å². The first kappa shape index (κ1) is 16.2. The molecule has 0 radical (unpaired) electrons. The van der Waals surface area contributed by atoms with E-state index >= 15 is 0 Å². The predicted molar refractivity (Wildman–Crippen MR) is 80.6 cm³/mol. The molecule has 1 aliphatic heterocycles. The van der Waals surface area contributed by atoms with Gasteiger partial charge in [0, 0.05) is 12.0 Å². The number of piperidine rings is 1. The van der Waals surface area contributed by atoms with Crippen molar-refractivity contribution in [3.8, 4) is 0 Å². The second-order valence-electron chi connectivity index (χ2n) is 6.42. The van der Waals surface area contributed by atoms with E-state index in [0.29, 0.717) is 24.3 Å². The van der Waals surface area contributed by atoms with Gasteiger partial charge in [0.05, 0.1) is 0 Å². The van der Waals surface area contributed by atoms with E-state index in [2.05, 4.69) is 34.6 Å². The summed E-state index contributed by atoms with van der Waals surface area (Å²) in [6.45, 7) is 7.02. The molecule has 1 saturated carbocycles. The summed E-state index contributed by atoms with van der Waals surface area (Å²) in [5.74, 6) is 1.63. The lowest BCUT2D eigenvalue weighted by Crippen LogP contribution is -2.41. The van der Waals surface area contributed by atoms with Crippen molar-refractivity contribution in [1.82, 2.24) is 20.8 Å². The van der Waals surface area contributed by atoms with Crippen molar-refractivity contribution in [2.45, 2.75) is 38.5 Å². The van der Waals surface area contributed by atoms with E-state index < -0.39 is 0 Å². The van der Waals surface area contributed by atoms with Crippen LogP contribution >= 0.6 is 12.4 Å². The number of hydrogen-bond donors (Lipinski definition) is 2. The molecule has 118 valence electrons. The van der Waals surface area contributed by atoms with Gasteiger partial charge in [0.1, 0.15) is 0 Å². The smallest absolute Gasteiger partial charge is 0.292 e. The number of rotatable bonds is 4. The van der Waals surface area contributed by atoms with Crippen LogP contribution < -0.4 is 10.6 Å². The SMILES string of the molecule is CC1CNCCC1CNC(=O)c1noc(C2(C)CC2)n1.Cl. The third-order valence-corrected chi connectivity index (χ3v) is 4.63. The lowest BCUT2D eigenvalue weighted by molar-refractivity contribution is 0.0924. The maximum Gasteiger partial charge on any atom is 0.292 e. The number of nitrogens with one attached hydrogen (secondary N) is 2. The summed E-state index contributed by atoms with van der Waals surface area (Å²) in [7, 11) is 0. The summed E-state index contributed by atoms with van der Waals surface area (Å²) in [4.78, 5) is 16.3. The van der Waals surface area contributed by atoms with Gasteiger partial charge in [-0.05, 0) is 44.2 Å². The van der Waals surface area contributed by atoms with Crippen LogP contribution in [-0.2, 0) is 5.41 Å². The standard InChI is InChI=1S/C14H22N4O2.ClH/c1-9-7-15-6-3-10(9)8-16-12(19)11-17-13(20-18-11)14(2)4-5-14;/h9-10,15H,3-8H2,1-2H3,(H,16,19);1H. The molecule has 3 rings (SSSR count). The lowest BCUT2D eigenvalue weighted by Gasteiger charge is -2.29. The minimum absolute atomic E-state index is 0. The average molecular weight is 315 g/mol. The van der Waals surface area contributed by atoms with Crippen molar-refractivity contribution in [2.24, 2.45) is 11.8 Å². The Morgan fingerprint density at radius 2 is 2.29 bits per heavy atom. The summed E-state index contributed by atoms with van der Waals surface area (Å²) in [5, 5.41) is 10.1. The topological polar surface area (TPSA) is 80.0 Å². The highest BCUT2D eigenvalue weighted by molar-refractivity contribution is 5.90. The highest BCUT2D eigenvalue weighted by atomic mass is 35.5. The summed E-state index contributed by atoms with van der Waals surface area (Å²) in [6.07, 6.45) is 3.21. The Morgan fingerprint density at radius 3 is 2.95 bits per heavy atom. The molecule has 2 aliphatic rings. The van der Waals surface area contributed by atoms with Crippen molar-refractivity contribution in [2.75, 3.05) is 19.6 Å². The third-order valence-electron chi connectivity index (χ3n) is 4.63. The normalized spacial score (nSPS) is 26.8. The Bertz CT molecular complexity index is 501. The van der Waals surface area contributed by atoms with Gasteiger partial charge in [-0.3, -0.25) is 4.79 Å². The van der Waals surface area contributed by atoms with Gasteiger partial charge in [0.2, 0.25) is 5.89 Å². The van der Waals surface area contributed by atoms with Gasteiger partial charge in [-0.2, -0.15) is 4.98 Å². The number of hydrogen-bond acceptors (Lipinski definition) is 5. The Hall–Kier alpha value is -1.14. The van der Waals surface area contributed by atoms with Gasteiger partial charge in [0.25, 0.3) is 11.7 Å². The summed E-state index contributed by atoms with van der Waals surface area (Å²) in [5.41, 5.74) is 0.00901. The molecule has 2 heterocycles. The largest absolute Gasteiger partial charge is 0.349 e. The van der Waals surface area contributed by atoms with Gasteiger partial charge in [-0.15, -0.1) is 12.4 Å². The van der Waals surface area contributed by atoms with E-state index in [4.69, 9.17) is 4.52 Å². The van der Waals surface area contributed by atoms with Crippen molar-refractivity contribution in [3.05, 3.63) is 11.7 Å². The molecule has 7 heteroatoms. The highest BCUT2D eigenvalue weighted by Crippen LogP contribution is 2.46. The van der Waals surface area contributed by atoms with Crippen LogP contribution in [0.15, 0.2) is 4.52 Å². The lowest BCUT2D eigenvalue weighted by atomic mass is 9.88. The molecule has 2 fully saturated rings. The minimum atomic E-state index is -0.227. The van der Waals surface area contributed by atoms with Gasteiger partial charge in [-0.25, -0.2) is 0 Å². The van der Waals surface area contributed by atoms with Crippen molar-refractivity contribution < 1.29 is 9.32 Å². The van der Waals surface area contributed by atoms with Crippen LogP contribution in [0.2, 0.25) is 0 Å². The molecular formula is C14H23ClN4O2.